The molecule has 1 aromatic rings. The normalized spacial score (nSPS) is 20.0. The first-order chi connectivity index (χ1) is 12.0. The lowest BCUT2D eigenvalue weighted by atomic mass is 9.84. The zero-order valence-electron chi connectivity index (χ0n) is 14.2. The average Bonchev–Trinajstić information content (AvgIpc) is 2.60. The Hall–Kier alpha value is -1.99. The van der Waals surface area contributed by atoms with Crippen LogP contribution in [-0.4, -0.2) is 38.1 Å². The maximum atomic E-state index is 12.6. The number of amides is 2. The molecule has 25 heavy (non-hydrogen) atoms. The van der Waals surface area contributed by atoms with E-state index in [9.17, 15) is 9.59 Å². The Labute approximate surface area is 152 Å². The van der Waals surface area contributed by atoms with Crippen LogP contribution in [0, 0.1) is 5.92 Å². The Morgan fingerprint density at radius 3 is 2.68 bits per heavy atom. The van der Waals surface area contributed by atoms with Crippen molar-refractivity contribution in [2.75, 3.05) is 20.3 Å². The van der Waals surface area contributed by atoms with Crippen molar-refractivity contribution < 1.29 is 19.1 Å². The number of benzene rings is 1. The van der Waals surface area contributed by atoms with Gasteiger partial charge in [0.15, 0.2) is 18.1 Å². The second kappa shape index (κ2) is 8.92. The highest BCUT2D eigenvalue weighted by Gasteiger charge is 2.26. The summed E-state index contributed by atoms with van der Waals surface area (Å²) in [5.74, 6) is -0.153. The molecule has 2 rings (SSSR count). The first-order valence-electron chi connectivity index (χ1n) is 8.25. The van der Waals surface area contributed by atoms with Crippen LogP contribution < -0.4 is 26.3 Å². The zero-order chi connectivity index (χ0) is 18.4. The van der Waals surface area contributed by atoms with Crippen molar-refractivity contribution in [2.24, 2.45) is 17.4 Å². The van der Waals surface area contributed by atoms with E-state index in [1.54, 1.807) is 0 Å². The van der Waals surface area contributed by atoms with Gasteiger partial charge in [0.1, 0.15) is 0 Å². The summed E-state index contributed by atoms with van der Waals surface area (Å²) in [6.45, 7) is 0.219. The fourth-order valence-corrected chi connectivity index (χ4v) is 3.33. The Balaban J connectivity index is 2.16. The van der Waals surface area contributed by atoms with E-state index in [4.69, 9.17) is 32.5 Å². The molecule has 0 aromatic heterocycles. The van der Waals surface area contributed by atoms with Gasteiger partial charge in [0.25, 0.3) is 11.8 Å². The third-order valence-electron chi connectivity index (χ3n) is 4.38. The van der Waals surface area contributed by atoms with Gasteiger partial charge in [-0.15, -0.1) is 0 Å². The number of nitrogens with one attached hydrogen (secondary N) is 1. The average molecular weight is 370 g/mol. The fourth-order valence-electron chi connectivity index (χ4n) is 3.07. The minimum absolute atomic E-state index is 0.0572. The molecule has 0 heterocycles. The quantitative estimate of drug-likeness (QED) is 0.672. The summed E-state index contributed by atoms with van der Waals surface area (Å²) in [6.07, 6.45) is 4.15. The molecule has 2 amide bonds. The monoisotopic (exact) mass is 369 g/mol. The van der Waals surface area contributed by atoms with Crippen LogP contribution in [0.4, 0.5) is 0 Å². The minimum Gasteiger partial charge on any atom is -0.493 e. The lowest BCUT2D eigenvalue weighted by molar-refractivity contribution is -0.119. The molecule has 0 bridgehead atoms. The molecule has 1 aliphatic carbocycles. The minimum atomic E-state index is -0.634. The topological polar surface area (TPSA) is 117 Å². The molecule has 0 saturated heterocycles. The molecule has 138 valence electrons. The van der Waals surface area contributed by atoms with Crippen LogP contribution in [0.2, 0.25) is 5.02 Å². The first-order valence-corrected chi connectivity index (χ1v) is 8.63. The van der Waals surface area contributed by atoms with Crippen LogP contribution in [0.3, 0.4) is 0 Å². The molecule has 1 saturated carbocycles. The molecule has 7 nitrogen and oxygen atoms in total. The number of nitrogens with two attached hydrogens (primary N) is 2. The summed E-state index contributed by atoms with van der Waals surface area (Å²) in [5.41, 5.74) is 11.2. The highest BCUT2D eigenvalue weighted by atomic mass is 35.5. The van der Waals surface area contributed by atoms with Crippen molar-refractivity contribution in [3.63, 3.8) is 0 Å². The molecule has 8 heteroatoms. The second-order valence-electron chi connectivity index (χ2n) is 6.10. The number of hydrogen-bond acceptors (Lipinski definition) is 5. The van der Waals surface area contributed by atoms with Crippen molar-refractivity contribution in [3.05, 3.63) is 22.7 Å². The molecule has 2 atom stereocenters. The number of primary amides is 1. The molecule has 0 radical (unpaired) electrons. The Morgan fingerprint density at radius 1 is 1.32 bits per heavy atom. The van der Waals surface area contributed by atoms with Crippen LogP contribution in [0.1, 0.15) is 36.0 Å². The van der Waals surface area contributed by atoms with Gasteiger partial charge in [-0.3, -0.25) is 9.59 Å². The van der Waals surface area contributed by atoms with E-state index >= 15 is 0 Å². The maximum absolute atomic E-state index is 12.6. The Kier molecular flexibility index (Phi) is 6.90. The third-order valence-corrected chi connectivity index (χ3v) is 4.66. The number of methoxy groups -OCH3 is 1. The molecule has 0 spiro atoms. The van der Waals surface area contributed by atoms with E-state index in [-0.39, 0.29) is 41.0 Å². The van der Waals surface area contributed by atoms with E-state index < -0.39 is 5.91 Å². The summed E-state index contributed by atoms with van der Waals surface area (Å²) >= 11 is 6.18. The van der Waals surface area contributed by atoms with E-state index in [0.717, 1.165) is 25.7 Å². The highest BCUT2D eigenvalue weighted by molar-refractivity contribution is 6.32. The number of rotatable bonds is 7. The molecular formula is C17H24ClN3O4. The first kappa shape index (κ1) is 19.3. The van der Waals surface area contributed by atoms with E-state index in [2.05, 4.69) is 5.32 Å². The predicted molar refractivity (Wildman–Crippen MR) is 95.0 cm³/mol. The summed E-state index contributed by atoms with van der Waals surface area (Å²) in [7, 11) is 1.43. The number of carbonyl (C=O) groups excluding carboxylic acids is 2. The summed E-state index contributed by atoms with van der Waals surface area (Å²) in [4.78, 5) is 23.5. The molecule has 1 fully saturated rings. The second-order valence-corrected chi connectivity index (χ2v) is 6.51. The van der Waals surface area contributed by atoms with Crippen LogP contribution in [0.5, 0.6) is 11.5 Å². The van der Waals surface area contributed by atoms with Gasteiger partial charge in [0.05, 0.1) is 12.1 Å². The largest absolute Gasteiger partial charge is 0.493 e. The molecular weight excluding hydrogens is 346 g/mol. The molecule has 5 N–H and O–H groups in total. The van der Waals surface area contributed by atoms with Crippen molar-refractivity contribution in [1.82, 2.24) is 5.32 Å². The van der Waals surface area contributed by atoms with Crippen molar-refractivity contribution >= 4 is 23.4 Å². The lowest BCUT2D eigenvalue weighted by Gasteiger charge is -2.31. The standard InChI is InChI=1S/C17H24ClN3O4/c1-24-14-7-11(6-12(18)16(14)25-9-15(20)22)17(23)21-13-5-3-2-4-10(13)8-19/h6-7,10,13H,2-5,8-9,19H2,1H3,(H2,20,22)(H,21,23). The molecule has 1 aliphatic rings. The van der Waals surface area contributed by atoms with Crippen molar-refractivity contribution in [2.45, 2.75) is 31.7 Å². The number of hydrogen-bond donors (Lipinski definition) is 3. The van der Waals surface area contributed by atoms with Crippen LogP contribution in [0.15, 0.2) is 12.1 Å². The van der Waals surface area contributed by atoms with Gasteiger partial charge in [-0.25, -0.2) is 0 Å². The lowest BCUT2D eigenvalue weighted by Crippen LogP contribution is -2.44. The highest BCUT2D eigenvalue weighted by Crippen LogP contribution is 2.36. The molecule has 0 aliphatic heterocycles. The summed E-state index contributed by atoms with van der Waals surface area (Å²) in [5, 5.41) is 3.21. The Bertz CT molecular complexity index is 639. The van der Waals surface area contributed by atoms with E-state index in [1.807, 2.05) is 0 Å². The fraction of sp³-hybridized carbons (Fsp3) is 0.529. The van der Waals surface area contributed by atoms with E-state index in [1.165, 1.54) is 19.2 Å². The smallest absolute Gasteiger partial charge is 0.255 e. The van der Waals surface area contributed by atoms with Gasteiger partial charge in [-0.1, -0.05) is 24.4 Å². The number of halogens is 1. The van der Waals surface area contributed by atoms with E-state index in [0.29, 0.717) is 12.1 Å². The molecule has 1 aromatic carbocycles. The van der Waals surface area contributed by atoms with Gasteiger partial charge < -0.3 is 26.3 Å². The van der Waals surface area contributed by atoms with Crippen molar-refractivity contribution in [1.29, 1.82) is 0 Å². The SMILES string of the molecule is COc1cc(C(=O)NC2CCCCC2CN)cc(Cl)c1OCC(N)=O. The predicted octanol–water partition coefficient (Wildman–Crippen LogP) is 1.46. The summed E-state index contributed by atoms with van der Waals surface area (Å²) in [6, 6.07) is 3.07. The summed E-state index contributed by atoms with van der Waals surface area (Å²) < 4.78 is 10.5. The van der Waals surface area contributed by atoms with Crippen molar-refractivity contribution in [3.8, 4) is 11.5 Å². The zero-order valence-corrected chi connectivity index (χ0v) is 15.0. The van der Waals surface area contributed by atoms with Gasteiger partial charge in [0, 0.05) is 11.6 Å². The Morgan fingerprint density at radius 2 is 2.04 bits per heavy atom. The maximum Gasteiger partial charge on any atom is 0.255 e. The van der Waals surface area contributed by atoms with Crippen LogP contribution in [-0.2, 0) is 4.79 Å². The van der Waals surface area contributed by atoms with Crippen LogP contribution in [0.25, 0.3) is 0 Å². The molecule has 2 unspecified atom stereocenters. The number of ether oxygens (including phenoxy) is 2. The van der Waals surface area contributed by atoms with Gasteiger partial charge in [-0.05, 0) is 37.4 Å². The third kappa shape index (κ3) is 4.99. The van der Waals surface area contributed by atoms with Gasteiger partial charge in [-0.2, -0.15) is 0 Å². The van der Waals surface area contributed by atoms with Crippen LogP contribution >= 0.6 is 11.6 Å². The number of carbonyl (C=O) groups is 2. The van der Waals surface area contributed by atoms with Gasteiger partial charge >= 0.3 is 0 Å². The van der Waals surface area contributed by atoms with Gasteiger partial charge in [0.2, 0.25) is 0 Å².